The second kappa shape index (κ2) is 8.39. The van der Waals surface area contributed by atoms with Gasteiger partial charge in [-0.2, -0.15) is 0 Å². The Morgan fingerprint density at radius 2 is 1.68 bits per heavy atom. The Hall–Kier alpha value is -2.94. The van der Waals surface area contributed by atoms with Gasteiger partial charge in [0.1, 0.15) is 23.0 Å². The molecular weight excluding hydrogens is 386 g/mol. The number of nitrogens with two attached hydrogens (primary N) is 2. The molecule has 0 atom stereocenters. The van der Waals surface area contributed by atoms with Gasteiger partial charge in [-0.15, -0.1) is 0 Å². The number of benzene rings is 2. The van der Waals surface area contributed by atoms with Crippen LogP contribution in [0.5, 0.6) is 0 Å². The predicted molar refractivity (Wildman–Crippen MR) is 105 cm³/mol. The number of halogens is 3. The SMILES string of the molecule is CCn1c(-c2ccccc2Cl)nc2cnc(-c3c(F)cccc3F)nc21.NN. The molecule has 28 heavy (non-hydrogen) atoms. The smallest absolute Gasteiger partial charge is 0.167 e. The van der Waals surface area contributed by atoms with E-state index >= 15 is 0 Å². The van der Waals surface area contributed by atoms with Crippen molar-refractivity contribution in [3.8, 4) is 22.8 Å². The number of hydrazine groups is 1. The van der Waals surface area contributed by atoms with Gasteiger partial charge in [0, 0.05) is 12.1 Å². The number of rotatable bonds is 3. The van der Waals surface area contributed by atoms with E-state index in [-0.39, 0.29) is 11.4 Å². The molecule has 0 spiro atoms. The lowest BCUT2D eigenvalue weighted by Crippen LogP contribution is -2.02. The van der Waals surface area contributed by atoms with Crippen LogP contribution in [-0.4, -0.2) is 19.5 Å². The van der Waals surface area contributed by atoms with Gasteiger partial charge < -0.3 is 4.57 Å². The fourth-order valence-corrected chi connectivity index (χ4v) is 3.12. The van der Waals surface area contributed by atoms with Crippen LogP contribution in [0.4, 0.5) is 8.78 Å². The van der Waals surface area contributed by atoms with Crippen molar-refractivity contribution in [2.24, 2.45) is 11.7 Å². The third-order valence-electron chi connectivity index (χ3n) is 4.11. The van der Waals surface area contributed by atoms with Gasteiger partial charge in [0.15, 0.2) is 11.5 Å². The largest absolute Gasteiger partial charge is 0.309 e. The molecule has 0 fully saturated rings. The molecule has 0 saturated carbocycles. The van der Waals surface area contributed by atoms with Crippen LogP contribution in [0, 0.1) is 11.6 Å². The molecule has 0 aliphatic heterocycles. The topological polar surface area (TPSA) is 95.6 Å². The first-order valence-corrected chi connectivity index (χ1v) is 8.74. The quantitative estimate of drug-likeness (QED) is 0.400. The second-order valence-corrected chi connectivity index (χ2v) is 6.07. The maximum Gasteiger partial charge on any atom is 0.167 e. The Balaban J connectivity index is 0.00000109. The highest BCUT2D eigenvalue weighted by Gasteiger charge is 2.19. The molecule has 0 amide bonds. The fourth-order valence-electron chi connectivity index (χ4n) is 2.90. The zero-order chi connectivity index (χ0) is 20.3. The van der Waals surface area contributed by atoms with E-state index in [1.807, 2.05) is 29.7 Å². The summed E-state index contributed by atoms with van der Waals surface area (Å²) >= 11 is 6.30. The minimum absolute atomic E-state index is 0.0200. The molecule has 0 saturated heterocycles. The van der Waals surface area contributed by atoms with E-state index in [9.17, 15) is 8.78 Å². The highest BCUT2D eigenvalue weighted by atomic mass is 35.5. The van der Waals surface area contributed by atoms with Gasteiger partial charge in [-0.25, -0.2) is 23.7 Å². The summed E-state index contributed by atoms with van der Waals surface area (Å²) in [6.07, 6.45) is 1.47. The summed E-state index contributed by atoms with van der Waals surface area (Å²) in [6.45, 7) is 2.50. The van der Waals surface area contributed by atoms with Crippen molar-refractivity contribution in [3.05, 3.63) is 65.3 Å². The monoisotopic (exact) mass is 402 g/mol. The number of nitrogens with zero attached hydrogens (tertiary/aromatic N) is 4. The van der Waals surface area contributed by atoms with Crippen LogP contribution in [0.1, 0.15) is 6.92 Å². The van der Waals surface area contributed by atoms with Crippen LogP contribution in [0.25, 0.3) is 33.9 Å². The molecule has 0 unspecified atom stereocenters. The zero-order valence-corrected chi connectivity index (χ0v) is 15.7. The van der Waals surface area contributed by atoms with Crippen LogP contribution in [-0.2, 0) is 6.54 Å². The number of aromatic nitrogens is 4. The Morgan fingerprint density at radius 3 is 2.32 bits per heavy atom. The lowest BCUT2D eigenvalue weighted by Gasteiger charge is -2.08. The summed E-state index contributed by atoms with van der Waals surface area (Å²) in [4.78, 5) is 13.0. The van der Waals surface area contributed by atoms with Crippen molar-refractivity contribution >= 4 is 22.8 Å². The van der Waals surface area contributed by atoms with Gasteiger partial charge in [0.25, 0.3) is 0 Å². The summed E-state index contributed by atoms with van der Waals surface area (Å²) in [7, 11) is 0. The average molecular weight is 403 g/mol. The van der Waals surface area contributed by atoms with Crippen molar-refractivity contribution in [3.63, 3.8) is 0 Å². The lowest BCUT2D eigenvalue weighted by molar-refractivity contribution is 0.587. The van der Waals surface area contributed by atoms with Gasteiger partial charge in [0.05, 0.1) is 16.8 Å². The molecule has 0 aliphatic rings. The van der Waals surface area contributed by atoms with Crippen molar-refractivity contribution < 1.29 is 8.78 Å². The van der Waals surface area contributed by atoms with Crippen LogP contribution in [0.3, 0.4) is 0 Å². The van der Waals surface area contributed by atoms with Crippen LogP contribution in [0.2, 0.25) is 5.02 Å². The number of imidazole rings is 1. The molecule has 9 heteroatoms. The van der Waals surface area contributed by atoms with E-state index in [1.165, 1.54) is 24.4 Å². The molecule has 6 nitrogen and oxygen atoms in total. The van der Waals surface area contributed by atoms with Gasteiger partial charge in [-0.05, 0) is 31.2 Å². The Kier molecular flexibility index (Phi) is 5.93. The van der Waals surface area contributed by atoms with Gasteiger partial charge in [-0.3, -0.25) is 11.7 Å². The molecule has 2 aromatic carbocycles. The van der Waals surface area contributed by atoms with E-state index in [0.29, 0.717) is 28.6 Å². The average Bonchev–Trinajstić information content (AvgIpc) is 3.07. The minimum Gasteiger partial charge on any atom is -0.309 e. The predicted octanol–water partition coefficient (Wildman–Crippen LogP) is 3.93. The Morgan fingerprint density at radius 1 is 1.00 bits per heavy atom. The molecule has 144 valence electrons. The van der Waals surface area contributed by atoms with E-state index < -0.39 is 11.6 Å². The molecule has 2 heterocycles. The first-order chi connectivity index (χ1) is 13.6. The summed E-state index contributed by atoms with van der Waals surface area (Å²) in [6, 6.07) is 11.0. The zero-order valence-electron chi connectivity index (χ0n) is 14.9. The Labute approximate surface area is 164 Å². The lowest BCUT2D eigenvalue weighted by atomic mass is 10.2. The molecule has 4 aromatic rings. The van der Waals surface area contributed by atoms with Gasteiger partial charge >= 0.3 is 0 Å². The Bertz CT molecular complexity index is 1110. The highest BCUT2D eigenvalue weighted by molar-refractivity contribution is 6.33. The highest BCUT2D eigenvalue weighted by Crippen LogP contribution is 2.30. The number of hydrogen-bond acceptors (Lipinski definition) is 5. The molecular formula is C19H17ClF2N6. The van der Waals surface area contributed by atoms with Crippen LogP contribution >= 0.6 is 11.6 Å². The number of aryl methyl sites for hydroxylation is 1. The van der Waals surface area contributed by atoms with Crippen molar-refractivity contribution in [2.45, 2.75) is 13.5 Å². The molecule has 4 N–H and O–H groups in total. The first-order valence-electron chi connectivity index (χ1n) is 8.36. The second-order valence-electron chi connectivity index (χ2n) is 5.66. The van der Waals surface area contributed by atoms with Crippen molar-refractivity contribution in [2.75, 3.05) is 0 Å². The molecule has 2 aromatic heterocycles. The van der Waals surface area contributed by atoms with E-state index in [1.54, 1.807) is 6.07 Å². The van der Waals surface area contributed by atoms with Crippen LogP contribution in [0.15, 0.2) is 48.7 Å². The summed E-state index contributed by atoms with van der Waals surface area (Å²) < 4.78 is 30.0. The van der Waals surface area contributed by atoms with Crippen LogP contribution < -0.4 is 11.7 Å². The molecule has 0 bridgehead atoms. The number of fused-ring (bicyclic) bond motifs is 1. The van der Waals surface area contributed by atoms with Crippen molar-refractivity contribution in [1.29, 1.82) is 0 Å². The minimum atomic E-state index is -0.710. The summed E-state index contributed by atoms with van der Waals surface area (Å²) in [5.41, 5.74) is 1.53. The first kappa shape index (κ1) is 19.8. The third-order valence-corrected chi connectivity index (χ3v) is 4.43. The summed E-state index contributed by atoms with van der Waals surface area (Å²) in [5.74, 6) is 7.19. The maximum atomic E-state index is 14.1. The van der Waals surface area contributed by atoms with Crippen molar-refractivity contribution in [1.82, 2.24) is 19.5 Å². The third kappa shape index (κ3) is 3.45. The molecule has 0 radical (unpaired) electrons. The molecule has 4 rings (SSSR count). The fraction of sp³-hybridized carbons (Fsp3) is 0.105. The summed E-state index contributed by atoms with van der Waals surface area (Å²) in [5, 5.41) is 0.561. The van der Waals surface area contributed by atoms with E-state index in [4.69, 9.17) is 11.6 Å². The van der Waals surface area contributed by atoms with E-state index in [0.717, 1.165) is 5.56 Å². The number of hydrogen-bond donors (Lipinski definition) is 2. The van der Waals surface area contributed by atoms with Gasteiger partial charge in [-0.1, -0.05) is 29.8 Å². The standard InChI is InChI=1S/C19H13ClF2N4.H4N2/c1-2-26-18(11-6-3-4-7-12(11)20)24-15-10-23-17(25-19(15)26)16-13(21)8-5-9-14(16)22;1-2/h3-10H,2H2,1H3;1-2H2. The maximum absolute atomic E-state index is 14.1. The molecule has 0 aliphatic carbocycles. The van der Waals surface area contributed by atoms with E-state index in [2.05, 4.69) is 26.6 Å². The normalized spacial score (nSPS) is 10.6. The van der Waals surface area contributed by atoms with Gasteiger partial charge in [0.2, 0.25) is 0 Å².